The highest BCUT2D eigenvalue weighted by molar-refractivity contribution is 7.89. The van der Waals surface area contributed by atoms with Crippen LogP contribution in [0.3, 0.4) is 0 Å². The molecule has 3 rings (SSSR count). The molecule has 0 unspecified atom stereocenters. The average Bonchev–Trinajstić information content (AvgIpc) is 2.74. The Morgan fingerprint density at radius 3 is 2.32 bits per heavy atom. The van der Waals surface area contributed by atoms with Gasteiger partial charge in [-0.05, 0) is 24.3 Å². The van der Waals surface area contributed by atoms with Gasteiger partial charge >= 0.3 is 0 Å². The monoisotopic (exact) mass is 407 g/mol. The van der Waals surface area contributed by atoms with E-state index in [1.807, 2.05) is 30.3 Å². The smallest absolute Gasteiger partial charge is 0.247 e. The first-order valence-corrected chi connectivity index (χ1v) is 10.7. The van der Waals surface area contributed by atoms with Crippen molar-refractivity contribution in [2.45, 2.75) is 4.90 Å². The molecule has 0 bridgehead atoms. The lowest BCUT2D eigenvalue weighted by molar-refractivity contribution is -0.903. The van der Waals surface area contributed by atoms with Crippen LogP contribution in [0.15, 0.2) is 53.4 Å². The lowest BCUT2D eigenvalue weighted by atomic mass is 10.3. The Bertz CT molecular complexity index is 865. The SMILES string of the molecule is COc1ccc(OC)c(S(=O)(=O)N2CC[NH+](CCOc3ccccc3)CC2)c1. The molecule has 8 heteroatoms. The van der Waals surface area contributed by atoms with E-state index in [1.54, 1.807) is 12.1 Å². The molecule has 0 spiro atoms. The number of nitrogens with zero attached hydrogens (tertiary/aromatic N) is 1. The van der Waals surface area contributed by atoms with E-state index in [-0.39, 0.29) is 4.90 Å². The standard InChI is InChI=1S/C20H26N2O5S/c1-25-18-8-9-19(26-2)20(16-18)28(23,24)22-12-10-21(11-13-22)14-15-27-17-6-4-3-5-7-17/h3-9,16H,10-15H2,1-2H3/p+1. The van der Waals surface area contributed by atoms with Gasteiger partial charge in [-0.3, -0.25) is 0 Å². The molecular formula is C20H27N2O5S+. The van der Waals surface area contributed by atoms with Crippen molar-refractivity contribution < 1.29 is 27.5 Å². The van der Waals surface area contributed by atoms with E-state index >= 15 is 0 Å². The first-order valence-electron chi connectivity index (χ1n) is 9.28. The van der Waals surface area contributed by atoms with Gasteiger partial charge in [0.1, 0.15) is 35.3 Å². The maximum absolute atomic E-state index is 13.1. The van der Waals surface area contributed by atoms with Crippen molar-refractivity contribution in [1.82, 2.24) is 4.31 Å². The highest BCUT2D eigenvalue weighted by Crippen LogP contribution is 2.30. The summed E-state index contributed by atoms with van der Waals surface area (Å²) in [6, 6.07) is 14.5. The van der Waals surface area contributed by atoms with Gasteiger partial charge in [0.2, 0.25) is 10.0 Å². The van der Waals surface area contributed by atoms with E-state index in [1.165, 1.54) is 29.5 Å². The van der Waals surface area contributed by atoms with E-state index in [0.29, 0.717) is 31.2 Å². The Balaban J connectivity index is 1.58. The summed E-state index contributed by atoms with van der Waals surface area (Å²) in [7, 11) is -0.661. The number of methoxy groups -OCH3 is 2. The minimum Gasteiger partial charge on any atom is -0.497 e. The molecule has 1 aliphatic rings. The zero-order valence-corrected chi connectivity index (χ0v) is 17.1. The van der Waals surface area contributed by atoms with Crippen LogP contribution in [0.2, 0.25) is 0 Å². The molecule has 2 aromatic carbocycles. The summed E-state index contributed by atoms with van der Waals surface area (Å²) >= 11 is 0. The molecule has 0 amide bonds. The minimum atomic E-state index is -3.64. The first kappa shape index (κ1) is 20.4. The van der Waals surface area contributed by atoms with Gasteiger partial charge in [0.25, 0.3) is 0 Å². The van der Waals surface area contributed by atoms with Crippen molar-refractivity contribution in [1.29, 1.82) is 0 Å². The van der Waals surface area contributed by atoms with Gasteiger partial charge in [0, 0.05) is 6.07 Å². The van der Waals surface area contributed by atoms with E-state index in [2.05, 4.69) is 0 Å². The van der Waals surface area contributed by atoms with Crippen molar-refractivity contribution >= 4 is 10.0 Å². The Labute approximate surface area is 166 Å². The lowest BCUT2D eigenvalue weighted by Crippen LogP contribution is -3.15. The molecule has 1 saturated heterocycles. The van der Waals surface area contributed by atoms with Gasteiger partial charge in [-0.25, -0.2) is 8.42 Å². The molecule has 0 radical (unpaired) electrons. The summed E-state index contributed by atoms with van der Waals surface area (Å²) in [6.07, 6.45) is 0. The number of benzene rings is 2. The highest BCUT2D eigenvalue weighted by atomic mass is 32.2. The van der Waals surface area contributed by atoms with Crippen molar-refractivity contribution in [2.24, 2.45) is 0 Å². The Kier molecular flexibility index (Phi) is 6.77. The maximum atomic E-state index is 13.1. The number of hydrogen-bond acceptors (Lipinski definition) is 5. The molecule has 0 aromatic heterocycles. The molecule has 1 heterocycles. The fraction of sp³-hybridized carbons (Fsp3) is 0.400. The molecule has 1 fully saturated rings. The van der Waals surface area contributed by atoms with Crippen LogP contribution in [0, 0.1) is 0 Å². The number of quaternary nitrogens is 1. The van der Waals surface area contributed by atoms with Gasteiger partial charge < -0.3 is 19.1 Å². The van der Waals surface area contributed by atoms with Gasteiger partial charge in [0.05, 0.1) is 40.4 Å². The predicted octanol–water partition coefficient (Wildman–Crippen LogP) is 0.672. The normalized spacial score (nSPS) is 15.9. The highest BCUT2D eigenvalue weighted by Gasteiger charge is 2.32. The summed E-state index contributed by atoms with van der Waals surface area (Å²) in [4.78, 5) is 1.48. The molecule has 28 heavy (non-hydrogen) atoms. The summed E-state index contributed by atoms with van der Waals surface area (Å²) in [5, 5.41) is 0. The van der Waals surface area contributed by atoms with Crippen LogP contribution in [0.4, 0.5) is 0 Å². The second-order valence-electron chi connectivity index (χ2n) is 6.58. The summed E-state index contributed by atoms with van der Waals surface area (Å²) in [5.74, 6) is 1.67. The predicted molar refractivity (Wildman–Crippen MR) is 106 cm³/mol. The average molecular weight is 408 g/mol. The molecule has 1 aliphatic heterocycles. The number of rotatable bonds is 8. The largest absolute Gasteiger partial charge is 0.497 e. The summed E-state index contributed by atoms with van der Waals surface area (Å²) in [5.41, 5.74) is 0. The van der Waals surface area contributed by atoms with E-state index in [9.17, 15) is 8.42 Å². The molecule has 1 N–H and O–H groups in total. The number of nitrogens with one attached hydrogen (secondary N) is 1. The van der Waals surface area contributed by atoms with Crippen molar-refractivity contribution in [3.05, 3.63) is 48.5 Å². The minimum absolute atomic E-state index is 0.144. The Morgan fingerprint density at radius 1 is 0.964 bits per heavy atom. The number of para-hydroxylation sites is 1. The Hall–Kier alpha value is -2.29. The third kappa shape index (κ3) is 4.76. The second-order valence-corrected chi connectivity index (χ2v) is 8.49. The number of hydrogen-bond donors (Lipinski definition) is 1. The molecule has 0 aliphatic carbocycles. The van der Waals surface area contributed by atoms with Crippen molar-refractivity contribution in [2.75, 3.05) is 53.6 Å². The van der Waals surface area contributed by atoms with Crippen LogP contribution in [-0.2, 0) is 10.0 Å². The Morgan fingerprint density at radius 2 is 1.68 bits per heavy atom. The van der Waals surface area contributed by atoms with Crippen LogP contribution in [-0.4, -0.2) is 66.3 Å². The maximum Gasteiger partial charge on any atom is 0.247 e. The zero-order valence-electron chi connectivity index (χ0n) is 16.3. The number of piperazine rings is 1. The van der Waals surface area contributed by atoms with E-state index in [4.69, 9.17) is 14.2 Å². The molecule has 152 valence electrons. The fourth-order valence-corrected chi connectivity index (χ4v) is 4.86. The summed E-state index contributed by atoms with van der Waals surface area (Å²) < 4.78 is 43.9. The quantitative estimate of drug-likeness (QED) is 0.697. The molecule has 7 nitrogen and oxygen atoms in total. The lowest BCUT2D eigenvalue weighted by Gasteiger charge is -2.31. The van der Waals surface area contributed by atoms with Crippen LogP contribution < -0.4 is 19.1 Å². The van der Waals surface area contributed by atoms with Crippen molar-refractivity contribution in [3.8, 4) is 17.2 Å². The molecule has 2 aromatic rings. The zero-order chi connectivity index (χ0) is 20.0. The van der Waals surface area contributed by atoms with Gasteiger partial charge in [-0.2, -0.15) is 4.31 Å². The third-order valence-electron chi connectivity index (χ3n) is 4.89. The van der Waals surface area contributed by atoms with E-state index < -0.39 is 10.0 Å². The number of ether oxygens (including phenoxy) is 3. The third-order valence-corrected chi connectivity index (χ3v) is 6.81. The molecular weight excluding hydrogens is 380 g/mol. The van der Waals surface area contributed by atoms with Crippen LogP contribution in [0.5, 0.6) is 17.2 Å². The first-order chi connectivity index (χ1) is 13.5. The second kappa shape index (κ2) is 9.27. The van der Waals surface area contributed by atoms with Gasteiger partial charge in [0.15, 0.2) is 0 Å². The van der Waals surface area contributed by atoms with Gasteiger partial charge in [-0.1, -0.05) is 18.2 Å². The molecule has 0 saturated carbocycles. The van der Waals surface area contributed by atoms with Crippen LogP contribution in [0.1, 0.15) is 0 Å². The van der Waals surface area contributed by atoms with Crippen LogP contribution in [0.25, 0.3) is 0 Å². The number of sulfonamides is 1. The van der Waals surface area contributed by atoms with Crippen molar-refractivity contribution in [3.63, 3.8) is 0 Å². The fourth-order valence-electron chi connectivity index (χ4n) is 3.25. The van der Waals surface area contributed by atoms with Gasteiger partial charge in [-0.15, -0.1) is 0 Å². The molecule has 0 atom stereocenters. The topological polar surface area (TPSA) is 69.5 Å². The summed E-state index contributed by atoms with van der Waals surface area (Å²) in [6.45, 7) is 3.85. The van der Waals surface area contributed by atoms with Crippen LogP contribution >= 0.6 is 0 Å². The van der Waals surface area contributed by atoms with E-state index in [0.717, 1.165) is 25.4 Å².